The molecule has 1 rings (SSSR count). The lowest BCUT2D eigenvalue weighted by Crippen LogP contribution is -2.43. The normalized spacial score (nSPS) is 12.7. The van der Waals surface area contributed by atoms with E-state index in [0.29, 0.717) is 5.69 Å². The lowest BCUT2D eigenvalue weighted by molar-refractivity contribution is -0.146. The second-order valence-corrected chi connectivity index (χ2v) is 3.89. The molecule has 112 valence electrons. The van der Waals surface area contributed by atoms with Crippen molar-refractivity contribution in [1.82, 2.24) is 5.32 Å². The Morgan fingerprint density at radius 2 is 1.85 bits per heavy atom. The number of para-hydroxylation sites is 2. The number of aliphatic carboxylic acids is 2. The summed E-state index contributed by atoms with van der Waals surface area (Å²) in [6, 6.07) is 5.45. The van der Waals surface area contributed by atoms with Gasteiger partial charge in [-0.15, -0.1) is 0 Å². The zero-order chi connectivity index (χ0) is 15.7. The molecule has 0 spiro atoms. The number of nitrogens with one attached hydrogen (secondary N) is 1. The third-order valence-corrected chi connectivity index (χ3v) is 2.06. The number of aliphatic hydroxyl groups is 1. The molecule has 8 nitrogen and oxygen atoms in total. The summed E-state index contributed by atoms with van der Waals surface area (Å²) in [5, 5.41) is 36.4. The van der Waals surface area contributed by atoms with Gasteiger partial charge >= 0.3 is 11.9 Å². The Morgan fingerprint density at radius 3 is 2.15 bits per heavy atom. The summed E-state index contributed by atoms with van der Waals surface area (Å²) in [5.74, 6) is -2.37. The molecule has 7 N–H and O–H groups in total. The van der Waals surface area contributed by atoms with E-state index in [1.165, 1.54) is 6.92 Å². The van der Waals surface area contributed by atoms with E-state index in [2.05, 4.69) is 5.32 Å². The number of hydrogen-bond acceptors (Lipinski definition) is 6. The number of anilines is 1. The van der Waals surface area contributed by atoms with Crippen LogP contribution in [-0.2, 0) is 9.59 Å². The first-order chi connectivity index (χ1) is 9.23. The number of carbonyl (C=O) groups is 2. The van der Waals surface area contributed by atoms with Gasteiger partial charge in [0.1, 0.15) is 18.0 Å². The number of benzene rings is 1. The third-order valence-electron chi connectivity index (χ3n) is 2.06. The molecule has 0 amide bonds. The van der Waals surface area contributed by atoms with Crippen LogP contribution in [0.5, 0.6) is 5.75 Å². The van der Waals surface area contributed by atoms with Crippen molar-refractivity contribution in [2.75, 3.05) is 5.73 Å². The van der Waals surface area contributed by atoms with Crippen LogP contribution in [0, 0.1) is 0 Å². The molecule has 2 unspecified atom stereocenters. The summed E-state index contributed by atoms with van der Waals surface area (Å²) in [5.41, 5.74) is 5.69. The number of phenols is 1. The third kappa shape index (κ3) is 7.90. The van der Waals surface area contributed by atoms with Crippen LogP contribution in [-0.4, -0.2) is 44.6 Å². The number of aromatic hydroxyl groups is 1. The Morgan fingerprint density at radius 1 is 1.30 bits per heavy atom. The molecule has 0 radical (unpaired) electrons. The van der Waals surface area contributed by atoms with Gasteiger partial charge in [-0.1, -0.05) is 12.1 Å². The van der Waals surface area contributed by atoms with Crippen LogP contribution < -0.4 is 11.1 Å². The number of carboxylic acid groups (broad SMARTS) is 2. The first-order valence-corrected chi connectivity index (χ1v) is 5.66. The highest BCUT2D eigenvalue weighted by Crippen LogP contribution is 2.16. The van der Waals surface area contributed by atoms with Crippen molar-refractivity contribution < 1.29 is 30.0 Å². The average molecular weight is 286 g/mol. The number of aliphatic hydroxyl groups excluding tert-OH is 1. The zero-order valence-corrected chi connectivity index (χ0v) is 10.9. The first kappa shape index (κ1) is 17.7. The Kier molecular flexibility index (Phi) is 7.71. The first-order valence-electron chi connectivity index (χ1n) is 5.66. The summed E-state index contributed by atoms with van der Waals surface area (Å²) in [6.07, 6.45) is -1.59. The largest absolute Gasteiger partial charge is 0.506 e. The standard InChI is InChI=1S/C6H11NO5.C6H7NO/c1-3(8)7-4(6(11)12)2-5(9)10;7-5-3-1-2-4-6(5)8/h3-4,7-8H,2H2,1H3,(H,9,10)(H,11,12);1-4,8H,7H2. The highest BCUT2D eigenvalue weighted by Gasteiger charge is 2.21. The quantitative estimate of drug-likeness (QED) is 0.247. The topological polar surface area (TPSA) is 153 Å². The Balaban J connectivity index is 0.000000388. The molecule has 0 aliphatic heterocycles. The molecule has 0 fully saturated rings. The van der Waals surface area contributed by atoms with Crippen molar-refractivity contribution in [3.63, 3.8) is 0 Å². The van der Waals surface area contributed by atoms with E-state index in [4.69, 9.17) is 26.2 Å². The maximum absolute atomic E-state index is 10.3. The second kappa shape index (κ2) is 8.73. The maximum Gasteiger partial charge on any atom is 0.321 e. The lowest BCUT2D eigenvalue weighted by atomic mass is 10.2. The van der Waals surface area contributed by atoms with E-state index in [1.807, 2.05) is 0 Å². The fraction of sp³-hybridized carbons (Fsp3) is 0.333. The molecule has 20 heavy (non-hydrogen) atoms. The van der Waals surface area contributed by atoms with Crippen molar-refractivity contribution in [1.29, 1.82) is 0 Å². The summed E-state index contributed by atoms with van der Waals surface area (Å²) in [4.78, 5) is 20.4. The highest BCUT2D eigenvalue weighted by molar-refractivity contribution is 5.80. The molecule has 2 atom stereocenters. The molecular weight excluding hydrogens is 268 g/mol. The van der Waals surface area contributed by atoms with Gasteiger partial charge in [0.25, 0.3) is 0 Å². The van der Waals surface area contributed by atoms with E-state index in [0.717, 1.165) is 0 Å². The molecule has 0 aliphatic carbocycles. The van der Waals surface area contributed by atoms with Gasteiger partial charge in [0.2, 0.25) is 0 Å². The Labute approximate surface area is 115 Å². The van der Waals surface area contributed by atoms with Crippen molar-refractivity contribution in [3.8, 4) is 5.75 Å². The van der Waals surface area contributed by atoms with Crippen molar-refractivity contribution in [2.24, 2.45) is 0 Å². The van der Waals surface area contributed by atoms with Gasteiger partial charge in [0, 0.05) is 0 Å². The Bertz CT molecular complexity index is 428. The molecule has 0 saturated heterocycles. The predicted molar refractivity (Wildman–Crippen MR) is 71.0 cm³/mol. The smallest absolute Gasteiger partial charge is 0.321 e. The number of nitrogen functional groups attached to an aromatic ring is 1. The Hall–Kier alpha value is -2.32. The van der Waals surface area contributed by atoms with Gasteiger partial charge in [-0.25, -0.2) is 0 Å². The van der Waals surface area contributed by atoms with Gasteiger partial charge in [-0.05, 0) is 19.1 Å². The van der Waals surface area contributed by atoms with Gasteiger partial charge in [0.15, 0.2) is 0 Å². The maximum atomic E-state index is 10.3. The molecule has 0 saturated carbocycles. The van der Waals surface area contributed by atoms with E-state index in [1.54, 1.807) is 24.3 Å². The summed E-state index contributed by atoms with van der Waals surface area (Å²) in [7, 11) is 0. The monoisotopic (exact) mass is 286 g/mol. The second-order valence-electron chi connectivity index (χ2n) is 3.89. The van der Waals surface area contributed by atoms with Crippen molar-refractivity contribution >= 4 is 17.6 Å². The molecule has 0 aromatic heterocycles. The van der Waals surface area contributed by atoms with Gasteiger partial charge in [0.05, 0.1) is 12.1 Å². The van der Waals surface area contributed by atoms with Crippen LogP contribution in [0.1, 0.15) is 13.3 Å². The lowest BCUT2D eigenvalue weighted by Gasteiger charge is -2.13. The minimum atomic E-state index is -1.29. The van der Waals surface area contributed by atoms with E-state index in [9.17, 15) is 9.59 Å². The predicted octanol–water partition coefficient (Wildman–Crippen LogP) is -0.183. The fourth-order valence-corrected chi connectivity index (χ4v) is 1.17. The average Bonchev–Trinajstić information content (AvgIpc) is 2.32. The van der Waals surface area contributed by atoms with E-state index in [-0.39, 0.29) is 5.75 Å². The number of nitrogens with two attached hydrogens (primary N) is 1. The van der Waals surface area contributed by atoms with Crippen LogP contribution in [0.25, 0.3) is 0 Å². The minimum absolute atomic E-state index is 0.146. The van der Waals surface area contributed by atoms with E-state index >= 15 is 0 Å². The molecule has 0 bridgehead atoms. The van der Waals surface area contributed by atoms with Crippen LogP contribution in [0.3, 0.4) is 0 Å². The molecular formula is C12H18N2O6. The molecule has 1 aromatic carbocycles. The van der Waals surface area contributed by atoms with Crippen LogP contribution in [0.2, 0.25) is 0 Å². The molecule has 8 heteroatoms. The summed E-state index contributed by atoms with van der Waals surface area (Å²) < 4.78 is 0. The fourth-order valence-electron chi connectivity index (χ4n) is 1.17. The molecule has 0 heterocycles. The number of phenolic OH excluding ortho intramolecular Hbond substituents is 1. The summed E-state index contributed by atoms with van der Waals surface area (Å²) in [6.45, 7) is 1.32. The SMILES string of the molecule is CC(O)NC(CC(=O)O)C(=O)O.Nc1ccccc1O. The van der Waals surface area contributed by atoms with Gasteiger partial charge in [-0.2, -0.15) is 0 Å². The molecule has 0 aliphatic rings. The van der Waals surface area contributed by atoms with Crippen LogP contribution >= 0.6 is 0 Å². The highest BCUT2D eigenvalue weighted by atomic mass is 16.4. The zero-order valence-electron chi connectivity index (χ0n) is 10.9. The summed E-state index contributed by atoms with van der Waals surface area (Å²) >= 11 is 0. The van der Waals surface area contributed by atoms with Crippen LogP contribution in [0.15, 0.2) is 24.3 Å². The van der Waals surface area contributed by atoms with Crippen LogP contribution in [0.4, 0.5) is 5.69 Å². The number of hydrogen-bond donors (Lipinski definition) is 6. The van der Waals surface area contributed by atoms with Gasteiger partial charge < -0.3 is 26.2 Å². The number of carboxylic acids is 2. The molecule has 1 aromatic rings. The van der Waals surface area contributed by atoms with Gasteiger partial charge in [-0.3, -0.25) is 14.9 Å². The van der Waals surface area contributed by atoms with E-state index < -0.39 is 30.6 Å². The van der Waals surface area contributed by atoms with Crippen molar-refractivity contribution in [3.05, 3.63) is 24.3 Å². The minimum Gasteiger partial charge on any atom is -0.506 e. The van der Waals surface area contributed by atoms with Crippen molar-refractivity contribution in [2.45, 2.75) is 25.6 Å². The number of rotatable bonds is 5.